The number of rotatable bonds is 9. The third-order valence-corrected chi connectivity index (χ3v) is 7.03. The van der Waals surface area contributed by atoms with Crippen LogP contribution in [0.2, 0.25) is 0 Å². The summed E-state index contributed by atoms with van der Waals surface area (Å²) in [5, 5.41) is 0. The topological polar surface area (TPSA) is 59.1 Å². The van der Waals surface area contributed by atoms with Crippen LogP contribution in [0.15, 0.2) is 54.6 Å². The molecule has 2 heterocycles. The molecule has 0 saturated carbocycles. The molecule has 1 fully saturated rings. The van der Waals surface area contributed by atoms with Crippen molar-refractivity contribution in [3.05, 3.63) is 94.0 Å². The van der Waals surface area contributed by atoms with Crippen molar-refractivity contribution < 1.29 is 19.1 Å². The molecule has 5 rings (SSSR count). The van der Waals surface area contributed by atoms with Gasteiger partial charge < -0.3 is 9.47 Å². The number of fused-ring (bicyclic) bond motifs is 1. The summed E-state index contributed by atoms with van der Waals surface area (Å²) in [6.45, 7) is 5.91. The fourth-order valence-electron chi connectivity index (χ4n) is 4.99. The normalized spacial score (nSPS) is 15.4. The predicted octanol–water partition coefficient (Wildman–Crippen LogP) is 4.67. The Kier molecular flexibility index (Phi) is 7.05. The maximum Gasteiger partial charge on any atom is 0.261 e. The zero-order valence-corrected chi connectivity index (χ0v) is 20.9. The van der Waals surface area contributed by atoms with Gasteiger partial charge in [0.1, 0.15) is 18.1 Å². The third-order valence-electron chi connectivity index (χ3n) is 7.03. The van der Waals surface area contributed by atoms with Crippen molar-refractivity contribution in [1.82, 2.24) is 9.80 Å². The number of nitrogens with zero attached hydrogens (tertiary/aromatic N) is 2. The Morgan fingerprint density at radius 2 is 1.69 bits per heavy atom. The van der Waals surface area contributed by atoms with Gasteiger partial charge in [-0.25, -0.2) is 0 Å². The van der Waals surface area contributed by atoms with Crippen molar-refractivity contribution in [1.29, 1.82) is 0 Å². The van der Waals surface area contributed by atoms with Gasteiger partial charge in [0.05, 0.1) is 24.8 Å². The Balaban J connectivity index is 1.26. The van der Waals surface area contributed by atoms with Crippen molar-refractivity contribution in [3.63, 3.8) is 0 Å². The Morgan fingerprint density at radius 3 is 2.36 bits per heavy atom. The second kappa shape index (κ2) is 10.5. The number of hydrogen-bond acceptors (Lipinski definition) is 5. The van der Waals surface area contributed by atoms with Gasteiger partial charge in [-0.05, 0) is 73.8 Å². The Labute approximate surface area is 212 Å². The van der Waals surface area contributed by atoms with Gasteiger partial charge in [-0.3, -0.25) is 19.4 Å². The van der Waals surface area contributed by atoms with Gasteiger partial charge in [0.15, 0.2) is 0 Å². The number of carbonyl (C=O) groups is 2. The molecule has 0 unspecified atom stereocenters. The van der Waals surface area contributed by atoms with E-state index in [1.807, 2.05) is 6.07 Å². The molecule has 0 aliphatic carbocycles. The van der Waals surface area contributed by atoms with Gasteiger partial charge in [0, 0.05) is 24.6 Å². The summed E-state index contributed by atoms with van der Waals surface area (Å²) in [5.74, 6) is 0.735. The lowest BCUT2D eigenvalue weighted by Gasteiger charge is -2.18. The van der Waals surface area contributed by atoms with Crippen LogP contribution in [0.4, 0.5) is 0 Å². The summed E-state index contributed by atoms with van der Waals surface area (Å²) < 4.78 is 11.5. The van der Waals surface area contributed by atoms with Crippen molar-refractivity contribution in [2.24, 2.45) is 0 Å². The van der Waals surface area contributed by atoms with E-state index in [2.05, 4.69) is 36.1 Å². The predicted molar refractivity (Wildman–Crippen MR) is 138 cm³/mol. The molecule has 0 spiro atoms. The quantitative estimate of drug-likeness (QED) is 0.414. The molecule has 6 heteroatoms. The molecule has 0 bridgehead atoms. The minimum absolute atomic E-state index is 0.174. The first-order valence-electron chi connectivity index (χ1n) is 12.5. The van der Waals surface area contributed by atoms with E-state index in [1.54, 1.807) is 37.4 Å². The van der Waals surface area contributed by atoms with Crippen molar-refractivity contribution >= 4 is 11.8 Å². The molecule has 6 nitrogen and oxygen atoms in total. The first-order valence-corrected chi connectivity index (χ1v) is 12.5. The van der Waals surface area contributed by atoms with Crippen LogP contribution in [-0.4, -0.2) is 55.0 Å². The molecule has 3 aromatic rings. The van der Waals surface area contributed by atoms with E-state index in [-0.39, 0.29) is 25.0 Å². The second-order valence-corrected chi connectivity index (χ2v) is 9.46. The molecule has 2 aliphatic heterocycles. The lowest BCUT2D eigenvalue weighted by atomic mass is 9.99. The number of hydrogen-bond donors (Lipinski definition) is 0. The van der Waals surface area contributed by atoms with Crippen molar-refractivity contribution in [2.45, 2.75) is 32.7 Å². The summed E-state index contributed by atoms with van der Waals surface area (Å²) in [6.07, 6.45) is 3.25. The maximum atomic E-state index is 12.6. The number of benzene rings is 3. The molecule has 3 aromatic carbocycles. The van der Waals surface area contributed by atoms with E-state index in [9.17, 15) is 9.59 Å². The smallest absolute Gasteiger partial charge is 0.261 e. The molecule has 1 saturated heterocycles. The number of ether oxygens (including phenoxy) is 2. The van der Waals surface area contributed by atoms with Crippen LogP contribution in [-0.2, 0) is 13.0 Å². The lowest BCUT2D eigenvalue weighted by Crippen LogP contribution is -2.33. The molecular formula is C30H31N2O4. The van der Waals surface area contributed by atoms with Gasteiger partial charge in [0.2, 0.25) is 0 Å². The monoisotopic (exact) mass is 483 g/mol. The van der Waals surface area contributed by atoms with Gasteiger partial charge in [-0.15, -0.1) is 0 Å². The lowest BCUT2D eigenvalue weighted by molar-refractivity contribution is 0.0631. The molecule has 2 amide bonds. The average Bonchev–Trinajstić information content (AvgIpc) is 3.49. The standard InChI is InChI=1S/C30H31N2O4/c1-21-17-22(9-10-24(21)20-31-13-5-6-14-31)18-23-11-12-25(35-2)19-28(23)36-16-15-32-29(33)26-7-3-4-8-27(26)30(32)34/h3-4,7-10,12,17,19H,5-6,13-16,18,20H2,1-2H3. The van der Waals surface area contributed by atoms with Crippen LogP contribution in [0.5, 0.6) is 11.5 Å². The van der Waals surface area contributed by atoms with E-state index in [0.717, 1.165) is 12.1 Å². The minimum atomic E-state index is -0.277. The molecule has 0 aromatic heterocycles. The number of imide groups is 1. The van der Waals surface area contributed by atoms with Crippen LogP contribution in [0, 0.1) is 13.0 Å². The average molecular weight is 484 g/mol. The minimum Gasteiger partial charge on any atom is -0.497 e. The largest absolute Gasteiger partial charge is 0.497 e. The SMILES string of the molecule is COc1c[c]c(Cc2ccc(CN3CCCC3)c(C)c2)c(OCCN2C(=O)c3ccccc3C2=O)c1. The Morgan fingerprint density at radius 1 is 0.972 bits per heavy atom. The highest BCUT2D eigenvalue weighted by Gasteiger charge is 2.34. The van der Waals surface area contributed by atoms with E-state index in [0.29, 0.717) is 29.0 Å². The fourth-order valence-corrected chi connectivity index (χ4v) is 4.99. The zero-order chi connectivity index (χ0) is 25.1. The Hall–Kier alpha value is -3.64. The van der Waals surface area contributed by atoms with Crippen LogP contribution in [0.3, 0.4) is 0 Å². The van der Waals surface area contributed by atoms with E-state index in [4.69, 9.17) is 9.47 Å². The van der Waals surface area contributed by atoms with E-state index in [1.165, 1.54) is 47.5 Å². The molecule has 36 heavy (non-hydrogen) atoms. The first-order chi connectivity index (χ1) is 17.5. The summed E-state index contributed by atoms with van der Waals surface area (Å²) >= 11 is 0. The van der Waals surface area contributed by atoms with Crippen LogP contribution in [0.25, 0.3) is 0 Å². The number of carbonyl (C=O) groups excluding carboxylic acids is 2. The second-order valence-electron chi connectivity index (χ2n) is 9.46. The molecule has 185 valence electrons. The molecule has 2 aliphatic rings. The maximum absolute atomic E-state index is 12.6. The number of likely N-dealkylation sites (tertiary alicyclic amines) is 1. The molecule has 0 N–H and O–H groups in total. The van der Waals surface area contributed by atoms with Crippen molar-refractivity contribution in [3.8, 4) is 11.5 Å². The summed E-state index contributed by atoms with van der Waals surface area (Å²) in [7, 11) is 1.61. The third kappa shape index (κ3) is 5.00. The summed E-state index contributed by atoms with van der Waals surface area (Å²) in [5.41, 5.74) is 5.65. The number of amides is 2. The fraction of sp³-hybridized carbons (Fsp3) is 0.333. The highest BCUT2D eigenvalue weighted by molar-refractivity contribution is 6.21. The van der Waals surface area contributed by atoms with Gasteiger partial charge in [0.25, 0.3) is 11.8 Å². The van der Waals surface area contributed by atoms with Crippen LogP contribution < -0.4 is 9.47 Å². The molecular weight excluding hydrogens is 452 g/mol. The van der Waals surface area contributed by atoms with Crippen LogP contribution in [0.1, 0.15) is 55.8 Å². The first kappa shape index (κ1) is 24.1. The number of aryl methyl sites for hydroxylation is 1. The van der Waals surface area contributed by atoms with Gasteiger partial charge in [-0.1, -0.05) is 30.3 Å². The van der Waals surface area contributed by atoms with Crippen molar-refractivity contribution in [2.75, 3.05) is 33.4 Å². The summed E-state index contributed by atoms with van der Waals surface area (Å²) in [4.78, 5) is 29.1. The van der Waals surface area contributed by atoms with Gasteiger partial charge in [-0.2, -0.15) is 0 Å². The highest BCUT2D eigenvalue weighted by Crippen LogP contribution is 2.28. The zero-order valence-electron chi connectivity index (χ0n) is 20.9. The number of methoxy groups -OCH3 is 1. The summed E-state index contributed by atoms with van der Waals surface area (Å²) in [6, 6.07) is 20.5. The van der Waals surface area contributed by atoms with Crippen LogP contribution >= 0.6 is 0 Å². The molecule has 1 radical (unpaired) electrons. The van der Waals surface area contributed by atoms with E-state index < -0.39 is 0 Å². The van der Waals surface area contributed by atoms with Gasteiger partial charge >= 0.3 is 0 Å². The highest BCUT2D eigenvalue weighted by atomic mass is 16.5. The van der Waals surface area contributed by atoms with E-state index >= 15 is 0 Å². The Bertz CT molecular complexity index is 1240. The molecule has 0 atom stereocenters.